The van der Waals surface area contributed by atoms with Crippen LogP contribution in [0, 0.1) is 6.92 Å². The number of nitrogens with one attached hydrogen (secondary N) is 1. The first-order chi connectivity index (χ1) is 11.4. The van der Waals surface area contributed by atoms with Crippen LogP contribution in [-0.2, 0) is 9.53 Å². The van der Waals surface area contributed by atoms with Crippen LogP contribution in [0.5, 0.6) is 0 Å². The van der Waals surface area contributed by atoms with Gasteiger partial charge in [0.25, 0.3) is 5.91 Å². The van der Waals surface area contributed by atoms with E-state index in [1.807, 2.05) is 0 Å². The highest BCUT2D eigenvalue weighted by atomic mass is 16.5. The minimum atomic E-state index is -1.01. The lowest BCUT2D eigenvalue weighted by molar-refractivity contribution is -0.123. The molecule has 0 spiro atoms. The largest absolute Gasteiger partial charge is 0.449 e. The van der Waals surface area contributed by atoms with Crippen LogP contribution in [0.2, 0.25) is 0 Å². The number of hydrogen-bond donors (Lipinski definition) is 1. The molecule has 0 saturated carbocycles. The summed E-state index contributed by atoms with van der Waals surface area (Å²) in [5, 5.41) is 2.60. The van der Waals surface area contributed by atoms with E-state index < -0.39 is 18.0 Å². The zero-order chi connectivity index (χ0) is 17.7. The van der Waals surface area contributed by atoms with Crippen LogP contribution in [0.1, 0.15) is 40.3 Å². The SMILES string of the molecule is CC(=O)c1ccccc1NC(=O)C(C)OC(=O)c1ccc(C)nc1. The van der Waals surface area contributed by atoms with Crippen molar-refractivity contribution in [2.24, 2.45) is 0 Å². The maximum Gasteiger partial charge on any atom is 0.340 e. The highest BCUT2D eigenvalue weighted by Crippen LogP contribution is 2.16. The Balaban J connectivity index is 2.04. The van der Waals surface area contributed by atoms with Crippen molar-refractivity contribution in [1.82, 2.24) is 4.98 Å². The van der Waals surface area contributed by atoms with Crippen LogP contribution in [0.4, 0.5) is 5.69 Å². The van der Waals surface area contributed by atoms with E-state index in [4.69, 9.17) is 4.74 Å². The van der Waals surface area contributed by atoms with E-state index in [0.29, 0.717) is 11.3 Å². The molecule has 0 bridgehead atoms. The number of aryl methyl sites for hydroxylation is 1. The van der Waals surface area contributed by atoms with Gasteiger partial charge < -0.3 is 10.1 Å². The maximum absolute atomic E-state index is 12.2. The van der Waals surface area contributed by atoms with Gasteiger partial charge in [0.15, 0.2) is 11.9 Å². The molecule has 1 heterocycles. The molecule has 0 radical (unpaired) electrons. The number of benzene rings is 1. The number of para-hydroxylation sites is 1. The van der Waals surface area contributed by atoms with Crippen molar-refractivity contribution in [3.8, 4) is 0 Å². The number of carbonyl (C=O) groups is 3. The molecule has 0 aliphatic rings. The lowest BCUT2D eigenvalue weighted by Gasteiger charge is -2.15. The first-order valence-corrected chi connectivity index (χ1v) is 7.43. The molecule has 0 aliphatic carbocycles. The van der Waals surface area contributed by atoms with Crippen LogP contribution in [0.3, 0.4) is 0 Å². The number of rotatable bonds is 5. The van der Waals surface area contributed by atoms with Crippen LogP contribution < -0.4 is 5.32 Å². The second-order valence-corrected chi connectivity index (χ2v) is 5.33. The summed E-state index contributed by atoms with van der Waals surface area (Å²) in [6.07, 6.45) is 0.381. The van der Waals surface area contributed by atoms with Gasteiger partial charge in [0.2, 0.25) is 0 Å². The molecule has 2 aromatic rings. The number of pyridine rings is 1. The number of ether oxygens (including phenoxy) is 1. The van der Waals surface area contributed by atoms with Gasteiger partial charge in [-0.2, -0.15) is 0 Å². The molecule has 6 heteroatoms. The molecule has 1 aromatic heterocycles. The minimum absolute atomic E-state index is 0.165. The topological polar surface area (TPSA) is 85.4 Å². The third-order valence-electron chi connectivity index (χ3n) is 3.36. The third kappa shape index (κ3) is 4.25. The van der Waals surface area contributed by atoms with E-state index >= 15 is 0 Å². The Kier molecular flexibility index (Phi) is 5.42. The molecule has 124 valence electrons. The Bertz CT molecular complexity index is 769. The number of esters is 1. The second kappa shape index (κ2) is 7.50. The van der Waals surface area contributed by atoms with Crippen molar-refractivity contribution >= 4 is 23.3 Å². The Labute approximate surface area is 139 Å². The molecule has 1 N–H and O–H groups in total. The van der Waals surface area contributed by atoms with Crippen molar-refractivity contribution in [1.29, 1.82) is 0 Å². The van der Waals surface area contributed by atoms with E-state index in [1.165, 1.54) is 20.0 Å². The van der Waals surface area contributed by atoms with Crippen molar-refractivity contribution in [2.75, 3.05) is 5.32 Å². The van der Waals surface area contributed by atoms with E-state index in [1.54, 1.807) is 43.3 Å². The monoisotopic (exact) mass is 326 g/mol. The van der Waals surface area contributed by atoms with Gasteiger partial charge in [-0.15, -0.1) is 0 Å². The number of hydrogen-bond acceptors (Lipinski definition) is 5. The van der Waals surface area contributed by atoms with E-state index in [-0.39, 0.29) is 11.3 Å². The van der Waals surface area contributed by atoms with Crippen molar-refractivity contribution in [2.45, 2.75) is 26.9 Å². The number of Topliss-reactive ketones (excluding diaryl/α,β-unsaturated/α-hetero) is 1. The van der Waals surface area contributed by atoms with Gasteiger partial charge in [0.05, 0.1) is 11.3 Å². The number of nitrogens with zero attached hydrogens (tertiary/aromatic N) is 1. The average Bonchev–Trinajstić information content (AvgIpc) is 2.55. The Hall–Kier alpha value is -3.02. The van der Waals surface area contributed by atoms with Crippen molar-refractivity contribution in [3.05, 3.63) is 59.4 Å². The highest BCUT2D eigenvalue weighted by molar-refractivity contribution is 6.05. The summed E-state index contributed by atoms with van der Waals surface area (Å²) in [5.74, 6) is -1.32. The first kappa shape index (κ1) is 17.3. The van der Waals surface area contributed by atoms with Gasteiger partial charge in [-0.1, -0.05) is 12.1 Å². The summed E-state index contributed by atoms with van der Waals surface area (Å²) in [6.45, 7) is 4.68. The summed E-state index contributed by atoms with van der Waals surface area (Å²) in [4.78, 5) is 39.8. The smallest absolute Gasteiger partial charge is 0.340 e. The normalized spacial score (nSPS) is 11.5. The molecule has 1 atom stereocenters. The molecular weight excluding hydrogens is 308 g/mol. The number of amides is 1. The molecule has 1 aromatic carbocycles. The van der Waals surface area contributed by atoms with E-state index in [0.717, 1.165) is 5.69 Å². The summed E-state index contributed by atoms with van der Waals surface area (Å²) >= 11 is 0. The third-order valence-corrected chi connectivity index (χ3v) is 3.36. The van der Waals surface area contributed by atoms with Gasteiger partial charge in [0, 0.05) is 17.5 Å². The summed E-state index contributed by atoms with van der Waals surface area (Å²) in [5.41, 5.74) is 1.82. The maximum atomic E-state index is 12.2. The number of carbonyl (C=O) groups excluding carboxylic acids is 3. The molecule has 6 nitrogen and oxygen atoms in total. The quantitative estimate of drug-likeness (QED) is 0.674. The van der Waals surface area contributed by atoms with Gasteiger partial charge in [-0.05, 0) is 45.0 Å². The fourth-order valence-electron chi connectivity index (χ4n) is 2.00. The first-order valence-electron chi connectivity index (χ1n) is 7.43. The number of ketones is 1. The Morgan fingerprint density at radius 3 is 2.46 bits per heavy atom. The van der Waals surface area contributed by atoms with Crippen molar-refractivity contribution < 1.29 is 19.1 Å². The van der Waals surface area contributed by atoms with Gasteiger partial charge in [-0.25, -0.2) is 4.79 Å². The zero-order valence-electron chi connectivity index (χ0n) is 13.7. The fourth-order valence-corrected chi connectivity index (χ4v) is 2.00. The van der Waals surface area contributed by atoms with Gasteiger partial charge in [0.1, 0.15) is 0 Å². The number of anilines is 1. The minimum Gasteiger partial charge on any atom is -0.449 e. The molecule has 0 saturated heterocycles. The van der Waals surface area contributed by atoms with Gasteiger partial charge >= 0.3 is 5.97 Å². The molecule has 24 heavy (non-hydrogen) atoms. The lowest BCUT2D eigenvalue weighted by Crippen LogP contribution is -2.30. The number of aromatic nitrogens is 1. The van der Waals surface area contributed by atoms with Crippen LogP contribution in [0.15, 0.2) is 42.6 Å². The van der Waals surface area contributed by atoms with Crippen LogP contribution in [0.25, 0.3) is 0 Å². The summed E-state index contributed by atoms with van der Waals surface area (Å²) in [7, 11) is 0. The Morgan fingerprint density at radius 2 is 1.83 bits per heavy atom. The molecular formula is C18H18N2O4. The zero-order valence-corrected chi connectivity index (χ0v) is 13.7. The van der Waals surface area contributed by atoms with E-state index in [9.17, 15) is 14.4 Å². The van der Waals surface area contributed by atoms with Crippen molar-refractivity contribution in [3.63, 3.8) is 0 Å². The fraction of sp³-hybridized carbons (Fsp3) is 0.222. The van der Waals surface area contributed by atoms with Gasteiger partial charge in [-0.3, -0.25) is 14.6 Å². The molecule has 1 unspecified atom stereocenters. The standard InChI is InChI=1S/C18H18N2O4/c1-11-8-9-14(10-19-11)18(23)24-13(3)17(22)20-16-7-5-4-6-15(16)12(2)21/h4-10,13H,1-3H3,(H,20,22). The predicted molar refractivity (Wildman–Crippen MR) is 88.9 cm³/mol. The molecule has 0 fully saturated rings. The molecule has 0 aliphatic heterocycles. The second-order valence-electron chi connectivity index (χ2n) is 5.33. The Morgan fingerprint density at radius 1 is 1.12 bits per heavy atom. The summed E-state index contributed by atoms with van der Waals surface area (Å²) < 4.78 is 5.13. The van der Waals surface area contributed by atoms with E-state index in [2.05, 4.69) is 10.3 Å². The highest BCUT2D eigenvalue weighted by Gasteiger charge is 2.20. The molecule has 2 rings (SSSR count). The van der Waals surface area contributed by atoms with Crippen LogP contribution in [-0.4, -0.2) is 28.7 Å². The predicted octanol–water partition coefficient (Wildman–Crippen LogP) is 2.78. The summed E-state index contributed by atoms with van der Waals surface area (Å²) in [6, 6.07) is 9.92. The lowest BCUT2D eigenvalue weighted by atomic mass is 10.1. The molecule has 1 amide bonds. The average molecular weight is 326 g/mol. The van der Waals surface area contributed by atoms with Crippen LogP contribution >= 0.6 is 0 Å².